The minimum Gasteiger partial charge on any atom is -0.294 e. The second kappa shape index (κ2) is 4.75. The van der Waals surface area contributed by atoms with Gasteiger partial charge in [0.1, 0.15) is 5.82 Å². The Balaban J connectivity index is 2.04. The fraction of sp³-hybridized carbons (Fsp3) is 0.500. The summed E-state index contributed by atoms with van der Waals surface area (Å²) in [6, 6.07) is 4.37. The maximum atomic E-state index is 13.6. The van der Waals surface area contributed by atoms with Crippen molar-refractivity contribution in [2.24, 2.45) is 5.92 Å². The normalized spacial score (nSPS) is 22.1. The molecule has 1 aromatic carbocycles. The van der Waals surface area contributed by atoms with Crippen molar-refractivity contribution in [3.05, 3.63) is 35.1 Å². The highest BCUT2D eigenvalue weighted by atomic mass is 19.3. The lowest BCUT2D eigenvalue weighted by Gasteiger charge is -2.10. The summed E-state index contributed by atoms with van der Waals surface area (Å²) in [5.41, 5.74) is 0.743. The Morgan fingerprint density at radius 2 is 2.17 bits per heavy atom. The van der Waals surface area contributed by atoms with E-state index in [1.165, 1.54) is 12.1 Å². The van der Waals surface area contributed by atoms with Crippen molar-refractivity contribution >= 4 is 5.78 Å². The number of carbonyl (C=O) groups excluding carboxylic acids is 1. The smallest absolute Gasteiger partial charge is 0.248 e. The second-order valence-corrected chi connectivity index (χ2v) is 5.08. The molecule has 1 saturated carbocycles. The predicted octanol–water partition coefficient (Wildman–Crippen LogP) is 4.14. The number of hydrogen-bond acceptors (Lipinski definition) is 1. The zero-order valence-electron chi connectivity index (χ0n) is 10.2. The number of carbonyl (C=O) groups is 1. The molecule has 1 atom stereocenters. The topological polar surface area (TPSA) is 17.1 Å². The van der Waals surface area contributed by atoms with Gasteiger partial charge in [0.05, 0.1) is 5.56 Å². The van der Waals surface area contributed by atoms with Gasteiger partial charge in [-0.05, 0) is 37.0 Å². The lowest BCUT2D eigenvalue weighted by Crippen LogP contribution is -2.12. The lowest BCUT2D eigenvalue weighted by molar-refractivity contribution is 0.00497. The van der Waals surface area contributed by atoms with Crippen LogP contribution in [0.15, 0.2) is 18.2 Å². The number of alkyl halides is 2. The van der Waals surface area contributed by atoms with Crippen LogP contribution in [0, 0.1) is 18.7 Å². The third kappa shape index (κ3) is 2.92. The van der Waals surface area contributed by atoms with E-state index in [4.69, 9.17) is 0 Å². The van der Waals surface area contributed by atoms with Crippen LogP contribution in [-0.2, 0) is 0 Å². The summed E-state index contributed by atoms with van der Waals surface area (Å²) in [6.45, 7) is 1.73. The molecular formula is C14H15F3O. The first-order valence-electron chi connectivity index (χ1n) is 6.04. The molecule has 98 valence electrons. The van der Waals surface area contributed by atoms with Crippen molar-refractivity contribution in [1.82, 2.24) is 0 Å². The number of halogens is 3. The SMILES string of the molecule is Cc1ccc(C(=O)CC2CCC(F)(F)C2)c(F)c1. The predicted molar refractivity (Wildman–Crippen MR) is 62.4 cm³/mol. The maximum absolute atomic E-state index is 13.6. The molecule has 0 aromatic heterocycles. The zero-order valence-corrected chi connectivity index (χ0v) is 10.2. The number of benzene rings is 1. The highest BCUT2D eigenvalue weighted by Crippen LogP contribution is 2.40. The molecule has 1 aromatic rings. The number of rotatable bonds is 3. The molecule has 0 saturated heterocycles. The molecular weight excluding hydrogens is 241 g/mol. The number of ketones is 1. The Labute approximate surface area is 104 Å². The molecule has 0 radical (unpaired) electrons. The molecule has 4 heteroatoms. The van der Waals surface area contributed by atoms with E-state index >= 15 is 0 Å². The molecule has 18 heavy (non-hydrogen) atoms. The molecule has 1 fully saturated rings. The molecule has 1 unspecified atom stereocenters. The van der Waals surface area contributed by atoms with Crippen LogP contribution in [-0.4, -0.2) is 11.7 Å². The summed E-state index contributed by atoms with van der Waals surface area (Å²) in [7, 11) is 0. The van der Waals surface area contributed by atoms with Crippen molar-refractivity contribution in [3.63, 3.8) is 0 Å². The van der Waals surface area contributed by atoms with Crippen LogP contribution in [0.25, 0.3) is 0 Å². The van der Waals surface area contributed by atoms with E-state index in [0.29, 0.717) is 6.42 Å². The first kappa shape index (κ1) is 13.1. The molecule has 0 N–H and O–H groups in total. The molecule has 0 bridgehead atoms. The van der Waals surface area contributed by atoms with Gasteiger partial charge in [0, 0.05) is 19.3 Å². The van der Waals surface area contributed by atoms with Gasteiger partial charge in [0.25, 0.3) is 0 Å². The minimum atomic E-state index is -2.66. The van der Waals surface area contributed by atoms with Crippen molar-refractivity contribution in [1.29, 1.82) is 0 Å². The molecule has 0 spiro atoms. The van der Waals surface area contributed by atoms with Crippen LogP contribution >= 0.6 is 0 Å². The van der Waals surface area contributed by atoms with Crippen molar-refractivity contribution in [2.75, 3.05) is 0 Å². The minimum absolute atomic E-state index is 0.00949. The van der Waals surface area contributed by atoms with E-state index in [2.05, 4.69) is 0 Å². The average Bonchev–Trinajstić information content (AvgIpc) is 2.57. The summed E-state index contributed by atoms with van der Waals surface area (Å²) >= 11 is 0. The van der Waals surface area contributed by atoms with Gasteiger partial charge in [-0.3, -0.25) is 4.79 Å². The van der Waals surface area contributed by atoms with Gasteiger partial charge < -0.3 is 0 Å². The Morgan fingerprint density at radius 3 is 2.72 bits per heavy atom. The van der Waals surface area contributed by atoms with Crippen LogP contribution in [0.1, 0.15) is 41.6 Å². The Hall–Kier alpha value is -1.32. The third-order valence-electron chi connectivity index (χ3n) is 3.40. The molecule has 1 aliphatic rings. The van der Waals surface area contributed by atoms with Crippen LogP contribution in [0.4, 0.5) is 13.2 Å². The fourth-order valence-corrected chi connectivity index (χ4v) is 2.43. The standard InChI is InChI=1S/C14H15F3O/c1-9-2-3-11(12(15)6-9)13(18)7-10-4-5-14(16,17)8-10/h2-3,6,10H,4-5,7-8H2,1H3. The van der Waals surface area contributed by atoms with Gasteiger partial charge in [-0.15, -0.1) is 0 Å². The van der Waals surface area contributed by atoms with E-state index in [-0.39, 0.29) is 36.5 Å². The first-order valence-corrected chi connectivity index (χ1v) is 6.04. The summed E-state index contributed by atoms with van der Waals surface area (Å²) in [5.74, 6) is -3.93. The van der Waals surface area contributed by atoms with Gasteiger partial charge in [-0.2, -0.15) is 0 Å². The highest BCUT2D eigenvalue weighted by Gasteiger charge is 2.40. The van der Waals surface area contributed by atoms with Gasteiger partial charge in [-0.25, -0.2) is 13.2 Å². The van der Waals surface area contributed by atoms with E-state index in [0.717, 1.165) is 5.56 Å². The molecule has 0 heterocycles. The van der Waals surface area contributed by atoms with Crippen molar-refractivity contribution in [3.8, 4) is 0 Å². The quantitative estimate of drug-likeness (QED) is 0.743. The fourth-order valence-electron chi connectivity index (χ4n) is 2.43. The van der Waals surface area contributed by atoms with Crippen LogP contribution in [0.2, 0.25) is 0 Å². The van der Waals surface area contributed by atoms with E-state index in [1.54, 1.807) is 13.0 Å². The first-order chi connectivity index (χ1) is 8.37. The third-order valence-corrected chi connectivity index (χ3v) is 3.40. The Bertz CT molecular complexity index is 468. The average molecular weight is 256 g/mol. The largest absolute Gasteiger partial charge is 0.294 e. The Kier molecular flexibility index (Phi) is 3.46. The van der Waals surface area contributed by atoms with Crippen LogP contribution in [0.5, 0.6) is 0 Å². The molecule has 0 amide bonds. The summed E-state index contributed by atoms with van der Waals surface area (Å²) in [4.78, 5) is 11.9. The van der Waals surface area contributed by atoms with Crippen LogP contribution in [0.3, 0.4) is 0 Å². The molecule has 1 aliphatic carbocycles. The van der Waals surface area contributed by atoms with Gasteiger partial charge in [0.15, 0.2) is 5.78 Å². The molecule has 1 nitrogen and oxygen atoms in total. The van der Waals surface area contributed by atoms with Crippen molar-refractivity contribution < 1.29 is 18.0 Å². The van der Waals surface area contributed by atoms with E-state index < -0.39 is 11.7 Å². The summed E-state index contributed by atoms with van der Waals surface area (Å²) < 4.78 is 39.5. The van der Waals surface area contributed by atoms with E-state index in [9.17, 15) is 18.0 Å². The maximum Gasteiger partial charge on any atom is 0.248 e. The number of aryl methyl sites for hydroxylation is 1. The number of hydrogen-bond donors (Lipinski definition) is 0. The number of Topliss-reactive ketones (excluding diaryl/α,β-unsaturated/α-hetero) is 1. The molecule has 0 aliphatic heterocycles. The monoisotopic (exact) mass is 256 g/mol. The summed E-state index contributed by atoms with van der Waals surface area (Å²) in [5, 5.41) is 0. The molecule has 2 rings (SSSR count). The highest BCUT2D eigenvalue weighted by molar-refractivity contribution is 5.96. The van der Waals surface area contributed by atoms with Crippen molar-refractivity contribution in [2.45, 2.75) is 38.5 Å². The second-order valence-electron chi connectivity index (χ2n) is 5.08. The van der Waals surface area contributed by atoms with Crippen LogP contribution < -0.4 is 0 Å². The van der Waals surface area contributed by atoms with Gasteiger partial charge >= 0.3 is 0 Å². The Morgan fingerprint density at radius 1 is 1.44 bits per heavy atom. The van der Waals surface area contributed by atoms with Gasteiger partial charge in [-0.1, -0.05) is 6.07 Å². The lowest BCUT2D eigenvalue weighted by atomic mass is 9.96. The van der Waals surface area contributed by atoms with Gasteiger partial charge in [0.2, 0.25) is 5.92 Å². The summed E-state index contributed by atoms with van der Waals surface area (Å²) in [6.07, 6.45) is -0.0741. The zero-order chi connectivity index (χ0) is 13.3. The van der Waals surface area contributed by atoms with E-state index in [1.807, 2.05) is 0 Å².